The van der Waals surface area contributed by atoms with Crippen molar-refractivity contribution < 1.29 is 24.1 Å². The summed E-state index contributed by atoms with van der Waals surface area (Å²) in [7, 11) is 5.65. The van der Waals surface area contributed by atoms with E-state index in [-0.39, 0.29) is 12.5 Å². The number of carbonyl (C=O) groups excluding carboxylic acids is 1. The molecule has 3 N–H and O–H groups in total. The Bertz CT molecular complexity index is 1330. The molecule has 42 heavy (non-hydrogen) atoms. The van der Waals surface area contributed by atoms with Crippen LogP contribution in [0.1, 0.15) is 35.6 Å². The van der Waals surface area contributed by atoms with Crippen LogP contribution < -0.4 is 20.3 Å². The fourth-order valence-electron chi connectivity index (χ4n) is 4.74. The van der Waals surface area contributed by atoms with E-state index in [0.717, 1.165) is 34.1 Å². The smallest absolute Gasteiger partial charge is 0.266 e. The number of amides is 1. The van der Waals surface area contributed by atoms with Crippen LogP contribution in [0.3, 0.4) is 0 Å². The largest absolute Gasteiger partial charge is 0.497 e. The SMILES string of the molecule is COc1cccc([C@@H]2OC(c3ccc(OCCCO)cc3)=N[C@]2(Cc2ccc(Br)cc2)C(=O)NNCCCN(C)C)c1. The highest BCUT2D eigenvalue weighted by molar-refractivity contribution is 9.10. The standard InChI is InChI=1S/C32H39BrN4O5/c1-37(2)18-5-17-34-36-31(39)32(22-23-9-13-26(33)14-10-23)29(25-7-4-8-28(21-25)40-3)42-30(35-32)24-11-15-27(16-12-24)41-20-6-19-38/h4,7-16,21,29,34,38H,5-6,17-20,22H2,1-3H3,(H,36,39)/t29-,32-/m0/s1. The van der Waals surface area contributed by atoms with Crippen LogP contribution in [0.15, 0.2) is 82.3 Å². The van der Waals surface area contributed by atoms with Gasteiger partial charge in [-0.3, -0.25) is 10.2 Å². The van der Waals surface area contributed by atoms with Gasteiger partial charge in [-0.25, -0.2) is 10.4 Å². The van der Waals surface area contributed by atoms with E-state index in [2.05, 4.69) is 31.7 Å². The molecule has 1 aliphatic rings. The minimum Gasteiger partial charge on any atom is -0.497 e. The molecule has 0 aliphatic carbocycles. The maximum Gasteiger partial charge on any atom is 0.266 e. The Kier molecular flexibility index (Phi) is 11.4. The van der Waals surface area contributed by atoms with Gasteiger partial charge in [0.05, 0.1) is 13.7 Å². The van der Waals surface area contributed by atoms with E-state index in [0.29, 0.717) is 43.4 Å². The lowest BCUT2D eigenvalue weighted by molar-refractivity contribution is -0.130. The Morgan fingerprint density at radius 3 is 2.52 bits per heavy atom. The molecular formula is C32H39BrN4O5. The molecule has 1 heterocycles. The van der Waals surface area contributed by atoms with Gasteiger partial charge in [-0.1, -0.05) is 40.2 Å². The molecule has 0 radical (unpaired) electrons. The molecular weight excluding hydrogens is 600 g/mol. The first-order valence-corrected chi connectivity index (χ1v) is 14.8. The van der Waals surface area contributed by atoms with Gasteiger partial charge < -0.3 is 24.2 Å². The van der Waals surface area contributed by atoms with Crippen LogP contribution in [0, 0.1) is 0 Å². The molecule has 0 spiro atoms. The lowest BCUT2D eigenvalue weighted by Crippen LogP contribution is -2.54. The number of benzene rings is 3. The van der Waals surface area contributed by atoms with Gasteiger partial charge in [0.2, 0.25) is 5.90 Å². The molecule has 1 amide bonds. The van der Waals surface area contributed by atoms with Crippen LogP contribution in [-0.4, -0.2) is 74.9 Å². The minimum atomic E-state index is -1.32. The summed E-state index contributed by atoms with van der Waals surface area (Å²) in [5, 5.41) is 9.04. The second kappa shape index (κ2) is 15.2. The number of ether oxygens (including phenoxy) is 3. The van der Waals surface area contributed by atoms with E-state index < -0.39 is 11.6 Å². The maximum atomic E-state index is 14.2. The monoisotopic (exact) mass is 638 g/mol. The number of carbonyl (C=O) groups is 1. The zero-order valence-corrected chi connectivity index (χ0v) is 25.9. The van der Waals surface area contributed by atoms with Crippen LogP contribution in [0.5, 0.6) is 11.5 Å². The van der Waals surface area contributed by atoms with Crippen molar-refractivity contribution in [3.05, 3.63) is 94.0 Å². The fourth-order valence-corrected chi connectivity index (χ4v) is 5.00. The highest BCUT2D eigenvalue weighted by Crippen LogP contribution is 2.43. The summed E-state index contributed by atoms with van der Waals surface area (Å²) in [4.78, 5) is 21.4. The molecule has 0 bridgehead atoms. The van der Waals surface area contributed by atoms with Crippen LogP contribution >= 0.6 is 15.9 Å². The number of nitrogens with zero attached hydrogens (tertiary/aromatic N) is 2. The van der Waals surface area contributed by atoms with E-state index in [9.17, 15) is 4.79 Å². The Labute approximate surface area is 256 Å². The number of hydrazine groups is 1. The molecule has 0 unspecified atom stereocenters. The van der Waals surface area contributed by atoms with Crippen LogP contribution in [0.2, 0.25) is 0 Å². The molecule has 2 atom stereocenters. The Hall–Kier alpha value is -3.44. The highest BCUT2D eigenvalue weighted by atomic mass is 79.9. The lowest BCUT2D eigenvalue weighted by atomic mass is 9.82. The predicted molar refractivity (Wildman–Crippen MR) is 167 cm³/mol. The molecule has 0 aromatic heterocycles. The van der Waals surface area contributed by atoms with Gasteiger partial charge in [0, 0.05) is 36.0 Å². The van der Waals surface area contributed by atoms with Gasteiger partial charge in [-0.15, -0.1) is 0 Å². The summed E-state index contributed by atoms with van der Waals surface area (Å²) in [6, 6.07) is 22.8. The van der Waals surface area contributed by atoms with Crippen molar-refractivity contribution in [2.24, 2.45) is 4.99 Å². The number of methoxy groups -OCH3 is 1. The number of aliphatic imine (C=N–C) groups is 1. The van der Waals surface area contributed by atoms with Crippen LogP contribution in [0.25, 0.3) is 0 Å². The van der Waals surface area contributed by atoms with Gasteiger partial charge in [0.15, 0.2) is 11.6 Å². The Morgan fingerprint density at radius 1 is 1.07 bits per heavy atom. The molecule has 9 nitrogen and oxygen atoms in total. The summed E-state index contributed by atoms with van der Waals surface area (Å²) in [6.45, 7) is 1.99. The number of aliphatic hydroxyl groups is 1. The van der Waals surface area contributed by atoms with Gasteiger partial charge in [0.25, 0.3) is 5.91 Å². The summed E-state index contributed by atoms with van der Waals surface area (Å²) in [6.07, 6.45) is 0.996. The lowest BCUT2D eigenvalue weighted by Gasteiger charge is -2.31. The van der Waals surface area contributed by atoms with Crippen molar-refractivity contribution in [2.45, 2.75) is 30.9 Å². The van der Waals surface area contributed by atoms with E-state index >= 15 is 0 Å². The first-order valence-electron chi connectivity index (χ1n) is 14.0. The zero-order valence-electron chi connectivity index (χ0n) is 24.3. The maximum absolute atomic E-state index is 14.2. The number of rotatable bonds is 15. The molecule has 0 fully saturated rings. The summed E-state index contributed by atoms with van der Waals surface area (Å²) >= 11 is 3.51. The van der Waals surface area contributed by atoms with E-state index in [1.165, 1.54) is 0 Å². The molecule has 10 heteroatoms. The van der Waals surface area contributed by atoms with Crippen LogP contribution in [-0.2, 0) is 16.0 Å². The van der Waals surface area contributed by atoms with Crippen molar-refractivity contribution in [1.82, 2.24) is 15.8 Å². The van der Waals surface area contributed by atoms with Gasteiger partial charge in [-0.05, 0) is 86.7 Å². The molecule has 224 valence electrons. The van der Waals surface area contributed by atoms with Crippen molar-refractivity contribution in [3.63, 3.8) is 0 Å². The van der Waals surface area contributed by atoms with Crippen molar-refractivity contribution in [3.8, 4) is 11.5 Å². The molecule has 0 saturated carbocycles. The molecule has 3 aromatic carbocycles. The number of hydrogen-bond donors (Lipinski definition) is 3. The third kappa shape index (κ3) is 8.10. The van der Waals surface area contributed by atoms with E-state index in [1.807, 2.05) is 86.9 Å². The van der Waals surface area contributed by atoms with Gasteiger partial charge >= 0.3 is 0 Å². The topological polar surface area (TPSA) is 105 Å². The molecule has 1 aliphatic heterocycles. The number of aliphatic hydroxyl groups excluding tert-OH is 1. The van der Waals surface area contributed by atoms with Gasteiger partial charge in [0.1, 0.15) is 11.5 Å². The van der Waals surface area contributed by atoms with Crippen molar-refractivity contribution in [2.75, 3.05) is 47.5 Å². The Morgan fingerprint density at radius 2 is 1.83 bits per heavy atom. The predicted octanol–water partition coefficient (Wildman–Crippen LogP) is 4.29. The minimum absolute atomic E-state index is 0.0708. The zero-order chi connectivity index (χ0) is 30.0. The van der Waals surface area contributed by atoms with E-state index in [4.69, 9.17) is 24.3 Å². The third-order valence-corrected chi connectivity index (χ3v) is 7.45. The molecule has 0 saturated heterocycles. The summed E-state index contributed by atoms with van der Waals surface area (Å²) < 4.78 is 18.7. The molecule has 4 rings (SSSR count). The van der Waals surface area contributed by atoms with Crippen LogP contribution in [0.4, 0.5) is 0 Å². The normalized spacial score (nSPS) is 18.0. The summed E-state index contributed by atoms with van der Waals surface area (Å²) in [5.74, 6) is 1.41. The second-order valence-electron chi connectivity index (χ2n) is 10.4. The van der Waals surface area contributed by atoms with Crippen molar-refractivity contribution in [1.29, 1.82) is 0 Å². The summed E-state index contributed by atoms with van der Waals surface area (Å²) in [5.41, 5.74) is 7.15. The first-order chi connectivity index (χ1) is 20.3. The highest BCUT2D eigenvalue weighted by Gasteiger charge is 2.53. The average Bonchev–Trinajstić information content (AvgIpc) is 3.39. The quantitative estimate of drug-likeness (QED) is 0.168. The second-order valence-corrected chi connectivity index (χ2v) is 11.3. The van der Waals surface area contributed by atoms with Gasteiger partial charge in [-0.2, -0.15) is 0 Å². The number of nitrogens with one attached hydrogen (secondary N) is 2. The fraction of sp³-hybridized carbons (Fsp3) is 0.375. The average molecular weight is 640 g/mol. The molecule has 3 aromatic rings. The third-order valence-electron chi connectivity index (χ3n) is 6.92. The number of halogens is 1. The number of hydrogen-bond acceptors (Lipinski definition) is 8. The van der Waals surface area contributed by atoms with E-state index in [1.54, 1.807) is 7.11 Å². The Balaban J connectivity index is 1.72. The van der Waals surface area contributed by atoms with Crippen molar-refractivity contribution >= 4 is 27.7 Å². The first kappa shape index (κ1) is 31.5.